The summed E-state index contributed by atoms with van der Waals surface area (Å²) in [4.78, 5) is 10.9. The van der Waals surface area contributed by atoms with Gasteiger partial charge in [0.2, 0.25) is 5.91 Å². The lowest BCUT2D eigenvalue weighted by atomic mass is 10.2. The van der Waals surface area contributed by atoms with Crippen LogP contribution in [-0.2, 0) is 4.79 Å². The molecule has 0 aliphatic heterocycles. The lowest BCUT2D eigenvalue weighted by Crippen LogP contribution is -2.18. The fraction of sp³-hybridized carbons (Fsp3) is 0.417. The maximum Gasteiger partial charge on any atom is 0.219 e. The first-order valence-electron chi connectivity index (χ1n) is 5.23. The van der Waals surface area contributed by atoms with Gasteiger partial charge in [0, 0.05) is 17.9 Å². The molecule has 1 amide bonds. The molecule has 3 nitrogen and oxygen atoms in total. The number of ether oxygens (including phenoxy) is 1. The van der Waals surface area contributed by atoms with Crippen molar-refractivity contribution in [1.82, 2.24) is 5.32 Å². The molecule has 0 aliphatic rings. The molecule has 0 radical (unpaired) electrons. The summed E-state index contributed by atoms with van der Waals surface area (Å²) in [7, 11) is 1.64. The highest BCUT2D eigenvalue weighted by atomic mass is 79.9. The van der Waals surface area contributed by atoms with Gasteiger partial charge in [0.15, 0.2) is 0 Å². The summed E-state index contributed by atoms with van der Waals surface area (Å²) in [5.41, 5.74) is 1.14. The van der Waals surface area contributed by atoms with Gasteiger partial charge in [-0.15, -0.1) is 0 Å². The van der Waals surface area contributed by atoms with Crippen LogP contribution in [0.3, 0.4) is 0 Å². The summed E-state index contributed by atoms with van der Waals surface area (Å²) in [6, 6.07) is 5.85. The van der Waals surface area contributed by atoms with E-state index >= 15 is 0 Å². The largest absolute Gasteiger partial charge is 0.494 e. The Morgan fingerprint density at radius 1 is 1.50 bits per heavy atom. The van der Waals surface area contributed by atoms with Crippen molar-refractivity contribution in [3.05, 3.63) is 28.2 Å². The molecule has 0 unspecified atom stereocenters. The van der Waals surface area contributed by atoms with Crippen molar-refractivity contribution in [2.45, 2.75) is 19.8 Å². The molecule has 0 atom stereocenters. The predicted octanol–water partition coefficient (Wildman–Crippen LogP) is 2.66. The van der Waals surface area contributed by atoms with E-state index in [0.29, 0.717) is 13.0 Å². The summed E-state index contributed by atoms with van der Waals surface area (Å²) >= 11 is 3.43. The molecule has 1 rings (SSSR count). The van der Waals surface area contributed by atoms with Gasteiger partial charge < -0.3 is 10.1 Å². The minimum Gasteiger partial charge on any atom is -0.494 e. The normalized spacial score (nSPS) is 9.94. The molecule has 1 aromatic rings. The van der Waals surface area contributed by atoms with Gasteiger partial charge in [0.25, 0.3) is 0 Å². The predicted molar refractivity (Wildman–Crippen MR) is 67.7 cm³/mol. The zero-order chi connectivity index (χ0) is 12.0. The number of hydrogen-bond donors (Lipinski definition) is 1. The fourth-order valence-corrected chi connectivity index (χ4v) is 1.50. The van der Waals surface area contributed by atoms with E-state index in [9.17, 15) is 4.79 Å². The lowest BCUT2D eigenvalue weighted by molar-refractivity contribution is -0.120. The molecule has 16 heavy (non-hydrogen) atoms. The Kier molecular flexibility index (Phi) is 5.32. The Hall–Kier alpha value is -1.03. The topological polar surface area (TPSA) is 38.3 Å². The van der Waals surface area contributed by atoms with E-state index in [-0.39, 0.29) is 5.91 Å². The second-order valence-electron chi connectivity index (χ2n) is 3.54. The quantitative estimate of drug-likeness (QED) is 0.845. The van der Waals surface area contributed by atoms with Crippen molar-refractivity contribution < 1.29 is 9.53 Å². The molecule has 88 valence electrons. The first kappa shape index (κ1) is 13.0. The van der Waals surface area contributed by atoms with Crippen molar-refractivity contribution in [2.24, 2.45) is 0 Å². The summed E-state index contributed by atoms with van der Waals surface area (Å²) in [6.07, 6.45) is 1.24. The third-order valence-corrected chi connectivity index (χ3v) is 3.11. The van der Waals surface area contributed by atoms with E-state index in [1.165, 1.54) is 0 Å². The fourth-order valence-electron chi connectivity index (χ4n) is 1.25. The van der Waals surface area contributed by atoms with E-state index in [0.717, 1.165) is 22.2 Å². The average molecular weight is 286 g/mol. The summed E-state index contributed by atoms with van der Waals surface area (Å²) < 4.78 is 6.61. The van der Waals surface area contributed by atoms with Crippen molar-refractivity contribution in [3.63, 3.8) is 0 Å². The highest BCUT2D eigenvalue weighted by Gasteiger charge is 2.00. The highest BCUT2D eigenvalue weighted by molar-refractivity contribution is 9.10. The van der Waals surface area contributed by atoms with Gasteiger partial charge in [-0.05, 0) is 37.1 Å². The average Bonchev–Trinajstić information content (AvgIpc) is 2.28. The van der Waals surface area contributed by atoms with Crippen molar-refractivity contribution in [3.8, 4) is 5.75 Å². The van der Waals surface area contributed by atoms with Crippen LogP contribution >= 0.6 is 15.9 Å². The van der Waals surface area contributed by atoms with Gasteiger partial charge in [0.05, 0.1) is 6.61 Å². The van der Waals surface area contributed by atoms with Gasteiger partial charge >= 0.3 is 0 Å². The molecule has 0 fully saturated rings. The van der Waals surface area contributed by atoms with E-state index < -0.39 is 0 Å². The third-order valence-electron chi connectivity index (χ3n) is 2.23. The number of nitrogens with one attached hydrogen (secondary N) is 1. The molecule has 0 spiro atoms. The van der Waals surface area contributed by atoms with Crippen LogP contribution < -0.4 is 10.1 Å². The maximum atomic E-state index is 10.9. The van der Waals surface area contributed by atoms with Gasteiger partial charge in [-0.2, -0.15) is 0 Å². The van der Waals surface area contributed by atoms with Crippen LogP contribution in [0.2, 0.25) is 0 Å². The van der Waals surface area contributed by atoms with E-state index in [1.54, 1.807) is 7.05 Å². The number of carbonyl (C=O) groups excluding carboxylic acids is 1. The molecule has 0 saturated carbocycles. The standard InChI is InChI=1S/C12H16BrNO2/c1-9-8-10(5-6-11(9)13)16-7-3-4-12(15)14-2/h5-6,8H,3-4,7H2,1-2H3,(H,14,15). The van der Waals surface area contributed by atoms with Crippen molar-refractivity contribution in [2.75, 3.05) is 13.7 Å². The second kappa shape index (κ2) is 6.53. The molecule has 0 heterocycles. The summed E-state index contributed by atoms with van der Waals surface area (Å²) in [5, 5.41) is 2.58. The molecule has 0 saturated heterocycles. The van der Waals surface area contributed by atoms with Crippen LogP contribution in [0.5, 0.6) is 5.75 Å². The van der Waals surface area contributed by atoms with Gasteiger partial charge in [-0.25, -0.2) is 0 Å². The van der Waals surface area contributed by atoms with E-state index in [4.69, 9.17) is 4.74 Å². The van der Waals surface area contributed by atoms with E-state index in [2.05, 4.69) is 21.2 Å². The number of carbonyl (C=O) groups is 1. The molecule has 4 heteroatoms. The van der Waals surface area contributed by atoms with Crippen molar-refractivity contribution in [1.29, 1.82) is 0 Å². The first-order valence-corrected chi connectivity index (χ1v) is 6.02. The Morgan fingerprint density at radius 3 is 2.88 bits per heavy atom. The number of hydrogen-bond acceptors (Lipinski definition) is 2. The van der Waals surface area contributed by atoms with Crippen LogP contribution in [0, 0.1) is 6.92 Å². The van der Waals surface area contributed by atoms with Crippen LogP contribution in [0.25, 0.3) is 0 Å². The monoisotopic (exact) mass is 285 g/mol. The SMILES string of the molecule is CNC(=O)CCCOc1ccc(Br)c(C)c1. The zero-order valence-electron chi connectivity index (χ0n) is 9.55. The number of amides is 1. The number of benzene rings is 1. The van der Waals surface area contributed by atoms with Crippen LogP contribution in [-0.4, -0.2) is 19.6 Å². The van der Waals surface area contributed by atoms with Crippen LogP contribution in [0.4, 0.5) is 0 Å². The minimum absolute atomic E-state index is 0.0515. The van der Waals surface area contributed by atoms with Gasteiger partial charge in [0.1, 0.15) is 5.75 Å². The van der Waals surface area contributed by atoms with Crippen LogP contribution in [0.15, 0.2) is 22.7 Å². The van der Waals surface area contributed by atoms with Gasteiger partial charge in [-0.3, -0.25) is 4.79 Å². The molecular weight excluding hydrogens is 270 g/mol. The molecule has 0 aromatic heterocycles. The molecular formula is C12H16BrNO2. The van der Waals surface area contributed by atoms with E-state index in [1.807, 2.05) is 25.1 Å². The summed E-state index contributed by atoms with van der Waals surface area (Å²) in [5.74, 6) is 0.896. The molecule has 0 bridgehead atoms. The Morgan fingerprint density at radius 2 is 2.25 bits per heavy atom. The molecule has 1 aromatic carbocycles. The first-order chi connectivity index (χ1) is 7.63. The Labute approximate surface area is 104 Å². The second-order valence-corrected chi connectivity index (χ2v) is 4.39. The number of halogens is 1. The Bertz CT molecular complexity index is 366. The molecule has 0 aliphatic carbocycles. The highest BCUT2D eigenvalue weighted by Crippen LogP contribution is 2.21. The number of rotatable bonds is 5. The van der Waals surface area contributed by atoms with Crippen LogP contribution in [0.1, 0.15) is 18.4 Å². The number of aryl methyl sites for hydroxylation is 1. The molecule has 1 N–H and O–H groups in total. The van der Waals surface area contributed by atoms with Gasteiger partial charge in [-0.1, -0.05) is 15.9 Å². The Balaban J connectivity index is 2.32. The zero-order valence-corrected chi connectivity index (χ0v) is 11.1. The maximum absolute atomic E-state index is 10.9. The minimum atomic E-state index is 0.0515. The van der Waals surface area contributed by atoms with Crippen molar-refractivity contribution >= 4 is 21.8 Å². The lowest BCUT2D eigenvalue weighted by Gasteiger charge is -2.07. The summed E-state index contributed by atoms with van der Waals surface area (Å²) in [6.45, 7) is 2.58. The smallest absolute Gasteiger partial charge is 0.219 e. The third kappa shape index (κ3) is 4.23.